The Labute approximate surface area is 111 Å². The number of anilines is 1. The van der Waals surface area contributed by atoms with Crippen LogP contribution in [-0.4, -0.2) is 26.2 Å². The third kappa shape index (κ3) is 2.61. The zero-order valence-electron chi connectivity index (χ0n) is 9.94. The summed E-state index contributed by atoms with van der Waals surface area (Å²) in [6.07, 6.45) is 0. The number of aromatic hydroxyl groups is 1. The second kappa shape index (κ2) is 5.18. The van der Waals surface area contributed by atoms with Crippen molar-refractivity contribution in [1.82, 2.24) is 9.97 Å². The van der Waals surface area contributed by atoms with Crippen LogP contribution in [0.2, 0.25) is 0 Å². The molecule has 20 heavy (non-hydrogen) atoms. The van der Waals surface area contributed by atoms with Gasteiger partial charge in [-0.3, -0.25) is 9.78 Å². The number of hydrogen-bond donors (Lipinski definition) is 4. The Morgan fingerprint density at radius 1 is 1.30 bits per heavy atom. The first kappa shape index (κ1) is 13.2. The van der Waals surface area contributed by atoms with Gasteiger partial charge in [0, 0.05) is 0 Å². The molecule has 0 saturated heterocycles. The van der Waals surface area contributed by atoms with Crippen molar-refractivity contribution >= 4 is 23.3 Å². The molecule has 0 amide bonds. The maximum absolute atomic E-state index is 11.5. The van der Waals surface area contributed by atoms with Crippen LogP contribution < -0.4 is 11.3 Å². The zero-order chi connectivity index (χ0) is 14.7. The van der Waals surface area contributed by atoms with E-state index in [2.05, 4.69) is 20.2 Å². The van der Waals surface area contributed by atoms with Gasteiger partial charge in [0.2, 0.25) is 17.5 Å². The molecule has 0 aliphatic carbocycles. The summed E-state index contributed by atoms with van der Waals surface area (Å²) in [5.41, 5.74) is 3.93. The van der Waals surface area contributed by atoms with Crippen molar-refractivity contribution in [1.29, 1.82) is 0 Å². The standard InChI is InChI=1S/C11H9N5O4/c12-11-13-8(17)7(9(18)14-11)16-15-6-4-2-1-3-5(6)10(19)20/h1-4H,(H,19,20)(H4,12,13,14,17,18). The van der Waals surface area contributed by atoms with Crippen LogP contribution in [0.25, 0.3) is 0 Å². The van der Waals surface area contributed by atoms with Crippen LogP contribution >= 0.6 is 0 Å². The third-order valence-electron chi connectivity index (χ3n) is 2.29. The van der Waals surface area contributed by atoms with E-state index in [4.69, 9.17) is 10.8 Å². The maximum atomic E-state index is 11.5. The molecule has 0 aliphatic rings. The first-order chi connectivity index (χ1) is 9.49. The Morgan fingerprint density at radius 3 is 2.65 bits per heavy atom. The van der Waals surface area contributed by atoms with Crippen LogP contribution in [-0.2, 0) is 0 Å². The normalized spacial score (nSPS) is 10.8. The van der Waals surface area contributed by atoms with Crippen molar-refractivity contribution in [3.8, 4) is 5.88 Å². The van der Waals surface area contributed by atoms with Crippen molar-refractivity contribution in [2.45, 2.75) is 0 Å². The number of carboxylic acid groups (broad SMARTS) is 1. The quantitative estimate of drug-likeness (QED) is 0.616. The van der Waals surface area contributed by atoms with E-state index in [1.165, 1.54) is 18.2 Å². The summed E-state index contributed by atoms with van der Waals surface area (Å²) in [6.45, 7) is 0. The van der Waals surface area contributed by atoms with E-state index in [1.54, 1.807) is 6.07 Å². The highest BCUT2D eigenvalue weighted by Crippen LogP contribution is 2.24. The molecule has 1 heterocycles. The molecule has 5 N–H and O–H groups in total. The van der Waals surface area contributed by atoms with E-state index in [1.807, 2.05) is 0 Å². The Balaban J connectivity index is 2.46. The molecule has 2 aromatic rings. The van der Waals surface area contributed by atoms with Crippen molar-refractivity contribution < 1.29 is 15.0 Å². The molecule has 102 valence electrons. The Bertz CT molecular complexity index is 753. The predicted molar refractivity (Wildman–Crippen MR) is 68.5 cm³/mol. The number of H-pyrrole nitrogens is 1. The van der Waals surface area contributed by atoms with Gasteiger partial charge >= 0.3 is 5.97 Å². The van der Waals surface area contributed by atoms with Crippen LogP contribution in [0.4, 0.5) is 17.3 Å². The Kier molecular flexibility index (Phi) is 3.42. The second-order valence-electron chi connectivity index (χ2n) is 3.65. The number of benzene rings is 1. The highest BCUT2D eigenvalue weighted by molar-refractivity contribution is 5.93. The summed E-state index contributed by atoms with van der Waals surface area (Å²) >= 11 is 0. The average Bonchev–Trinajstić information content (AvgIpc) is 2.37. The fourth-order valence-corrected chi connectivity index (χ4v) is 1.41. The maximum Gasteiger partial charge on any atom is 0.337 e. The molecular weight excluding hydrogens is 266 g/mol. The number of nitrogen functional groups attached to an aromatic ring is 1. The van der Waals surface area contributed by atoms with Crippen molar-refractivity contribution in [2.24, 2.45) is 10.2 Å². The minimum atomic E-state index is -1.19. The van der Waals surface area contributed by atoms with Gasteiger partial charge in [-0.15, -0.1) is 10.2 Å². The minimum Gasteiger partial charge on any atom is -0.491 e. The SMILES string of the molecule is Nc1nc(O)c(N=Nc2ccccc2C(=O)O)c(=O)[nH]1. The molecule has 2 rings (SSSR count). The van der Waals surface area contributed by atoms with E-state index in [-0.39, 0.29) is 17.2 Å². The molecule has 0 bridgehead atoms. The van der Waals surface area contributed by atoms with Gasteiger partial charge in [0.05, 0.1) is 5.56 Å². The molecule has 1 aromatic carbocycles. The molecule has 9 heteroatoms. The number of nitrogens with zero attached hydrogens (tertiary/aromatic N) is 3. The fourth-order valence-electron chi connectivity index (χ4n) is 1.41. The molecule has 0 unspecified atom stereocenters. The van der Waals surface area contributed by atoms with Gasteiger partial charge in [0.25, 0.3) is 5.56 Å². The largest absolute Gasteiger partial charge is 0.491 e. The van der Waals surface area contributed by atoms with Crippen LogP contribution in [0, 0.1) is 0 Å². The number of carboxylic acids is 1. The number of hydrogen-bond acceptors (Lipinski definition) is 7. The summed E-state index contributed by atoms with van der Waals surface area (Å²) in [5, 5.41) is 25.6. The van der Waals surface area contributed by atoms with E-state index in [9.17, 15) is 14.7 Å². The fraction of sp³-hybridized carbons (Fsp3) is 0. The topological polar surface area (TPSA) is 154 Å². The number of nitrogens with one attached hydrogen (secondary N) is 1. The van der Waals surface area contributed by atoms with Crippen LogP contribution in [0.15, 0.2) is 39.3 Å². The lowest BCUT2D eigenvalue weighted by Crippen LogP contribution is -2.10. The van der Waals surface area contributed by atoms with Crippen LogP contribution in [0.5, 0.6) is 5.88 Å². The lowest BCUT2D eigenvalue weighted by atomic mass is 10.2. The average molecular weight is 275 g/mol. The van der Waals surface area contributed by atoms with E-state index >= 15 is 0 Å². The molecule has 0 aliphatic heterocycles. The van der Waals surface area contributed by atoms with E-state index in [0.717, 1.165) is 0 Å². The third-order valence-corrected chi connectivity index (χ3v) is 2.29. The molecule has 1 aromatic heterocycles. The number of nitrogens with two attached hydrogens (primary N) is 1. The smallest absolute Gasteiger partial charge is 0.337 e. The number of carbonyl (C=O) groups is 1. The molecule has 0 spiro atoms. The Hall–Kier alpha value is -3.23. The predicted octanol–water partition coefficient (Wildman–Crippen LogP) is 1.17. The molecular formula is C11H9N5O4. The highest BCUT2D eigenvalue weighted by Gasteiger charge is 2.11. The summed E-state index contributed by atoms with van der Waals surface area (Å²) in [4.78, 5) is 28.0. The monoisotopic (exact) mass is 275 g/mol. The van der Waals surface area contributed by atoms with Crippen LogP contribution in [0.3, 0.4) is 0 Å². The molecule has 0 fully saturated rings. The van der Waals surface area contributed by atoms with Crippen molar-refractivity contribution in [3.63, 3.8) is 0 Å². The highest BCUT2D eigenvalue weighted by atomic mass is 16.4. The van der Waals surface area contributed by atoms with Gasteiger partial charge in [-0.1, -0.05) is 12.1 Å². The summed E-state index contributed by atoms with van der Waals surface area (Å²) < 4.78 is 0. The van der Waals surface area contributed by atoms with Gasteiger partial charge in [-0.2, -0.15) is 4.98 Å². The second-order valence-corrected chi connectivity index (χ2v) is 3.65. The number of rotatable bonds is 3. The number of aromatic amines is 1. The van der Waals surface area contributed by atoms with Crippen molar-refractivity contribution in [2.75, 3.05) is 5.73 Å². The van der Waals surface area contributed by atoms with E-state index in [0.29, 0.717) is 0 Å². The van der Waals surface area contributed by atoms with Gasteiger partial charge in [-0.25, -0.2) is 4.79 Å². The van der Waals surface area contributed by atoms with Crippen molar-refractivity contribution in [3.05, 3.63) is 40.2 Å². The van der Waals surface area contributed by atoms with Crippen LogP contribution in [0.1, 0.15) is 10.4 Å². The van der Waals surface area contributed by atoms with Gasteiger partial charge in [0.15, 0.2) is 0 Å². The number of aromatic nitrogens is 2. The minimum absolute atomic E-state index is 0.0376. The molecule has 0 atom stereocenters. The summed E-state index contributed by atoms with van der Waals surface area (Å²) in [5.74, 6) is -2.15. The number of aromatic carboxylic acids is 1. The van der Waals surface area contributed by atoms with Gasteiger partial charge in [0.1, 0.15) is 5.69 Å². The first-order valence-electron chi connectivity index (χ1n) is 5.32. The van der Waals surface area contributed by atoms with Gasteiger partial charge in [-0.05, 0) is 12.1 Å². The number of azo groups is 1. The molecule has 9 nitrogen and oxygen atoms in total. The zero-order valence-corrected chi connectivity index (χ0v) is 9.94. The summed E-state index contributed by atoms with van der Waals surface area (Å²) in [6, 6.07) is 5.83. The lowest BCUT2D eigenvalue weighted by molar-refractivity contribution is 0.0697. The first-order valence-corrected chi connectivity index (χ1v) is 5.32. The Morgan fingerprint density at radius 2 is 2.00 bits per heavy atom. The molecule has 0 saturated carbocycles. The van der Waals surface area contributed by atoms with E-state index < -0.39 is 23.1 Å². The molecule has 0 radical (unpaired) electrons. The van der Waals surface area contributed by atoms with Gasteiger partial charge < -0.3 is 15.9 Å². The lowest BCUT2D eigenvalue weighted by Gasteiger charge is -1.99. The summed E-state index contributed by atoms with van der Waals surface area (Å²) in [7, 11) is 0.